The summed E-state index contributed by atoms with van der Waals surface area (Å²) in [6.07, 6.45) is 0.554. The van der Waals surface area contributed by atoms with Crippen LogP contribution in [0.4, 0.5) is 5.69 Å². The monoisotopic (exact) mass is 395 g/mol. The lowest BCUT2D eigenvalue weighted by molar-refractivity contribution is -0.117. The number of halogens is 3. The van der Waals surface area contributed by atoms with E-state index in [1.807, 2.05) is 0 Å². The average molecular weight is 397 g/mol. The van der Waals surface area contributed by atoms with Crippen LogP contribution in [0.15, 0.2) is 16.6 Å². The van der Waals surface area contributed by atoms with Crippen molar-refractivity contribution in [1.29, 1.82) is 0 Å². The molecule has 0 N–H and O–H groups in total. The van der Waals surface area contributed by atoms with Crippen LogP contribution < -0.4 is 9.64 Å². The summed E-state index contributed by atoms with van der Waals surface area (Å²) >= 11 is 12.9. The van der Waals surface area contributed by atoms with Gasteiger partial charge >= 0.3 is 0 Å². The molecular formula is C12H12Br2ClNO2. The van der Waals surface area contributed by atoms with Gasteiger partial charge in [0, 0.05) is 23.3 Å². The zero-order valence-corrected chi connectivity index (χ0v) is 13.7. The van der Waals surface area contributed by atoms with Crippen molar-refractivity contribution >= 4 is 55.1 Å². The van der Waals surface area contributed by atoms with Crippen molar-refractivity contribution in [2.75, 3.05) is 23.9 Å². The third-order valence-corrected chi connectivity index (χ3v) is 4.63. The van der Waals surface area contributed by atoms with Crippen LogP contribution in [0.2, 0.25) is 5.02 Å². The van der Waals surface area contributed by atoms with E-state index in [9.17, 15) is 4.79 Å². The summed E-state index contributed by atoms with van der Waals surface area (Å²) in [7, 11) is 1.58. The predicted octanol–water partition coefficient (Wildman–Crippen LogP) is 3.86. The van der Waals surface area contributed by atoms with Crippen LogP contribution in [-0.2, 0) is 4.79 Å². The summed E-state index contributed by atoms with van der Waals surface area (Å²) in [5.41, 5.74) is 0.727. The van der Waals surface area contributed by atoms with Crippen LogP contribution in [0.25, 0.3) is 0 Å². The molecule has 1 aliphatic heterocycles. The van der Waals surface area contributed by atoms with Crippen molar-refractivity contribution < 1.29 is 9.53 Å². The highest BCUT2D eigenvalue weighted by Crippen LogP contribution is 2.40. The second kappa shape index (κ2) is 5.80. The molecule has 1 aliphatic rings. The average Bonchev–Trinajstić information content (AvgIpc) is 2.69. The van der Waals surface area contributed by atoms with Crippen LogP contribution >= 0.6 is 43.5 Å². The Morgan fingerprint density at radius 3 is 2.83 bits per heavy atom. The van der Waals surface area contributed by atoms with E-state index in [1.54, 1.807) is 24.1 Å². The van der Waals surface area contributed by atoms with Gasteiger partial charge in [-0.3, -0.25) is 4.79 Å². The van der Waals surface area contributed by atoms with E-state index in [0.717, 1.165) is 15.5 Å². The highest BCUT2D eigenvalue weighted by Gasteiger charge is 2.32. The van der Waals surface area contributed by atoms with Gasteiger partial charge in [0.05, 0.1) is 17.3 Å². The molecule has 1 unspecified atom stereocenters. The summed E-state index contributed by atoms with van der Waals surface area (Å²) in [6, 6.07) is 3.52. The molecule has 18 heavy (non-hydrogen) atoms. The van der Waals surface area contributed by atoms with Crippen molar-refractivity contribution in [1.82, 2.24) is 0 Å². The fraction of sp³-hybridized carbons (Fsp3) is 0.417. The number of amides is 1. The summed E-state index contributed by atoms with van der Waals surface area (Å²) in [4.78, 5) is 13.8. The molecule has 3 nitrogen and oxygen atoms in total. The maximum atomic E-state index is 12.0. The molecule has 0 aliphatic carbocycles. The van der Waals surface area contributed by atoms with E-state index in [2.05, 4.69) is 31.9 Å². The number of ether oxygens (including phenoxy) is 1. The Labute approximate surface area is 128 Å². The molecule has 1 saturated heterocycles. The van der Waals surface area contributed by atoms with Crippen molar-refractivity contribution in [3.8, 4) is 5.75 Å². The lowest BCUT2D eigenvalue weighted by atomic mass is 10.2. The predicted molar refractivity (Wildman–Crippen MR) is 80.0 cm³/mol. The fourth-order valence-corrected chi connectivity index (χ4v) is 3.46. The van der Waals surface area contributed by atoms with E-state index in [4.69, 9.17) is 16.3 Å². The zero-order chi connectivity index (χ0) is 13.3. The number of alkyl halides is 1. The Kier molecular flexibility index (Phi) is 4.56. The number of carbonyl (C=O) groups excluding carboxylic acids is 1. The van der Waals surface area contributed by atoms with Crippen LogP contribution in [0.3, 0.4) is 0 Å². The largest absolute Gasteiger partial charge is 0.493 e. The normalized spacial score (nSPS) is 19.4. The third-order valence-electron chi connectivity index (χ3n) is 2.91. The van der Waals surface area contributed by atoms with Gasteiger partial charge in [-0.1, -0.05) is 27.5 Å². The highest BCUT2D eigenvalue weighted by atomic mass is 79.9. The number of benzene rings is 1. The van der Waals surface area contributed by atoms with Gasteiger partial charge in [-0.05, 0) is 34.0 Å². The Hall–Kier alpha value is -0.260. The van der Waals surface area contributed by atoms with Gasteiger partial charge in [0.2, 0.25) is 5.91 Å². The third kappa shape index (κ3) is 2.68. The first kappa shape index (κ1) is 14.2. The SMILES string of the molecule is COc1c(Br)cc(Cl)cc1N1CC(CBr)CC1=O. The molecule has 0 saturated carbocycles. The number of hydrogen-bond acceptors (Lipinski definition) is 2. The molecule has 1 atom stereocenters. The smallest absolute Gasteiger partial charge is 0.227 e. The lowest BCUT2D eigenvalue weighted by Gasteiger charge is -2.20. The summed E-state index contributed by atoms with van der Waals surface area (Å²) in [5.74, 6) is 1.08. The van der Waals surface area contributed by atoms with E-state index < -0.39 is 0 Å². The molecule has 0 spiro atoms. The van der Waals surface area contributed by atoms with Crippen molar-refractivity contribution in [2.45, 2.75) is 6.42 Å². The van der Waals surface area contributed by atoms with Gasteiger partial charge < -0.3 is 9.64 Å². The number of methoxy groups -OCH3 is 1. The van der Waals surface area contributed by atoms with Gasteiger partial charge in [0.1, 0.15) is 0 Å². The second-order valence-electron chi connectivity index (χ2n) is 4.17. The Morgan fingerprint density at radius 1 is 1.56 bits per heavy atom. The van der Waals surface area contributed by atoms with Crippen LogP contribution in [-0.4, -0.2) is 24.9 Å². The van der Waals surface area contributed by atoms with E-state index in [-0.39, 0.29) is 5.91 Å². The first-order valence-electron chi connectivity index (χ1n) is 5.46. The minimum atomic E-state index is 0.104. The molecule has 1 aromatic carbocycles. The maximum Gasteiger partial charge on any atom is 0.227 e. The minimum absolute atomic E-state index is 0.104. The van der Waals surface area contributed by atoms with E-state index >= 15 is 0 Å². The molecule has 1 aromatic rings. The molecule has 6 heteroatoms. The van der Waals surface area contributed by atoms with Gasteiger partial charge in [-0.2, -0.15) is 0 Å². The molecule has 0 bridgehead atoms. The second-order valence-corrected chi connectivity index (χ2v) is 6.11. The first-order valence-corrected chi connectivity index (χ1v) is 7.75. The minimum Gasteiger partial charge on any atom is -0.493 e. The van der Waals surface area contributed by atoms with Crippen molar-refractivity contribution in [2.24, 2.45) is 5.92 Å². The van der Waals surface area contributed by atoms with Gasteiger partial charge in [-0.15, -0.1) is 0 Å². The number of carbonyl (C=O) groups is 1. The lowest BCUT2D eigenvalue weighted by Crippen LogP contribution is -2.25. The molecular weight excluding hydrogens is 385 g/mol. The molecule has 0 aromatic heterocycles. The molecule has 98 valence electrons. The van der Waals surface area contributed by atoms with Crippen molar-refractivity contribution in [3.05, 3.63) is 21.6 Å². The standard InChI is InChI=1S/C12H12Br2ClNO2/c1-18-12-9(14)3-8(15)4-10(12)16-6-7(5-13)2-11(16)17/h3-4,7H,2,5-6H2,1H3. The van der Waals surface area contributed by atoms with Crippen molar-refractivity contribution in [3.63, 3.8) is 0 Å². The number of rotatable bonds is 3. The maximum absolute atomic E-state index is 12.0. The first-order chi connectivity index (χ1) is 8.56. The van der Waals surface area contributed by atoms with Crippen LogP contribution in [0.5, 0.6) is 5.75 Å². The molecule has 1 heterocycles. The number of anilines is 1. The number of nitrogens with zero attached hydrogens (tertiary/aromatic N) is 1. The summed E-state index contributed by atoms with van der Waals surface area (Å²) in [6.45, 7) is 0.688. The van der Waals surface area contributed by atoms with Crippen LogP contribution in [0.1, 0.15) is 6.42 Å². The Morgan fingerprint density at radius 2 is 2.28 bits per heavy atom. The zero-order valence-electron chi connectivity index (χ0n) is 9.75. The van der Waals surface area contributed by atoms with Gasteiger partial charge in [0.25, 0.3) is 0 Å². The molecule has 1 amide bonds. The quantitative estimate of drug-likeness (QED) is 0.725. The molecule has 1 fully saturated rings. The number of hydrogen-bond donors (Lipinski definition) is 0. The summed E-state index contributed by atoms with van der Waals surface area (Å²) < 4.78 is 6.10. The highest BCUT2D eigenvalue weighted by molar-refractivity contribution is 9.10. The molecule has 0 radical (unpaired) electrons. The van der Waals surface area contributed by atoms with Gasteiger partial charge in [-0.25, -0.2) is 0 Å². The van der Waals surface area contributed by atoms with E-state index in [1.165, 1.54) is 0 Å². The molecule has 2 rings (SSSR count). The Balaban J connectivity index is 2.41. The van der Waals surface area contributed by atoms with E-state index in [0.29, 0.717) is 29.7 Å². The fourth-order valence-electron chi connectivity index (χ4n) is 2.07. The summed E-state index contributed by atoms with van der Waals surface area (Å²) in [5, 5.41) is 1.40. The van der Waals surface area contributed by atoms with Crippen LogP contribution in [0, 0.1) is 5.92 Å². The Bertz CT molecular complexity index is 481. The van der Waals surface area contributed by atoms with Gasteiger partial charge in [0.15, 0.2) is 5.75 Å². The topological polar surface area (TPSA) is 29.5 Å².